The predicted molar refractivity (Wildman–Crippen MR) is 71.4 cm³/mol. The van der Waals surface area contributed by atoms with E-state index in [1.54, 1.807) is 7.11 Å². The van der Waals surface area contributed by atoms with E-state index in [4.69, 9.17) is 16.3 Å². The summed E-state index contributed by atoms with van der Waals surface area (Å²) in [5.41, 5.74) is 0.863. The molecule has 1 unspecified atom stereocenters. The molecule has 92 valence electrons. The van der Waals surface area contributed by atoms with Crippen molar-refractivity contribution in [2.75, 3.05) is 7.11 Å². The lowest BCUT2D eigenvalue weighted by Gasteiger charge is -2.13. The third kappa shape index (κ3) is 3.30. The van der Waals surface area contributed by atoms with Gasteiger partial charge in [0.1, 0.15) is 6.10 Å². The largest absolute Gasteiger partial charge is 0.373 e. The summed E-state index contributed by atoms with van der Waals surface area (Å²) in [6.45, 7) is 0. The van der Waals surface area contributed by atoms with Gasteiger partial charge in [0.15, 0.2) is 5.78 Å². The Bertz CT molecular complexity index is 429. The Morgan fingerprint density at radius 1 is 1.59 bits per heavy atom. The Hall–Kier alpha value is -0.380. The van der Waals surface area contributed by atoms with Crippen molar-refractivity contribution in [2.45, 2.75) is 25.4 Å². The first-order valence-electron chi connectivity index (χ1n) is 5.61. The van der Waals surface area contributed by atoms with Gasteiger partial charge in [-0.1, -0.05) is 33.6 Å². The van der Waals surface area contributed by atoms with Gasteiger partial charge in [-0.25, -0.2) is 0 Å². The lowest BCUT2D eigenvalue weighted by molar-refractivity contribution is -0.129. The molecule has 1 atom stereocenters. The van der Waals surface area contributed by atoms with E-state index in [9.17, 15) is 4.79 Å². The minimum atomic E-state index is -0.255. The van der Waals surface area contributed by atoms with Gasteiger partial charge in [0.05, 0.1) is 0 Å². The topological polar surface area (TPSA) is 26.3 Å². The Balaban J connectivity index is 2.06. The zero-order valence-corrected chi connectivity index (χ0v) is 11.9. The molecule has 0 N–H and O–H groups in total. The van der Waals surface area contributed by atoms with Crippen molar-refractivity contribution in [1.82, 2.24) is 0 Å². The quantitative estimate of drug-likeness (QED) is 0.829. The van der Waals surface area contributed by atoms with Crippen molar-refractivity contribution in [3.63, 3.8) is 0 Å². The SMILES string of the molecule is COC(C(=O)Cc1ccc(Br)cc1Cl)C1CC1. The minimum absolute atomic E-state index is 0.124. The molecule has 1 aliphatic rings. The van der Waals surface area contributed by atoms with Gasteiger partial charge in [-0.3, -0.25) is 4.79 Å². The van der Waals surface area contributed by atoms with Crippen LogP contribution in [0.5, 0.6) is 0 Å². The molecule has 17 heavy (non-hydrogen) atoms. The van der Waals surface area contributed by atoms with Crippen molar-refractivity contribution in [2.24, 2.45) is 5.92 Å². The van der Waals surface area contributed by atoms with Crippen LogP contribution in [-0.2, 0) is 16.0 Å². The molecule has 1 aromatic carbocycles. The van der Waals surface area contributed by atoms with Crippen LogP contribution in [0.25, 0.3) is 0 Å². The van der Waals surface area contributed by atoms with Crippen LogP contribution in [0.2, 0.25) is 5.02 Å². The van der Waals surface area contributed by atoms with Crippen LogP contribution < -0.4 is 0 Å². The van der Waals surface area contributed by atoms with E-state index >= 15 is 0 Å². The van der Waals surface area contributed by atoms with Crippen LogP contribution >= 0.6 is 27.5 Å². The van der Waals surface area contributed by atoms with Crippen molar-refractivity contribution in [3.8, 4) is 0 Å². The second-order valence-electron chi connectivity index (χ2n) is 4.37. The first-order valence-corrected chi connectivity index (χ1v) is 6.78. The van der Waals surface area contributed by atoms with Gasteiger partial charge in [-0.2, -0.15) is 0 Å². The maximum atomic E-state index is 12.1. The summed E-state index contributed by atoms with van der Waals surface area (Å²) in [5, 5.41) is 0.623. The van der Waals surface area contributed by atoms with Gasteiger partial charge in [0.2, 0.25) is 0 Å². The van der Waals surface area contributed by atoms with Gasteiger partial charge in [-0.05, 0) is 36.5 Å². The lowest BCUT2D eigenvalue weighted by Crippen LogP contribution is -2.26. The summed E-state index contributed by atoms with van der Waals surface area (Å²) in [4.78, 5) is 12.1. The van der Waals surface area contributed by atoms with E-state index in [2.05, 4.69) is 15.9 Å². The van der Waals surface area contributed by atoms with Crippen LogP contribution in [0.4, 0.5) is 0 Å². The Kier molecular flexibility index (Phi) is 4.23. The van der Waals surface area contributed by atoms with Crippen LogP contribution in [0.1, 0.15) is 18.4 Å². The summed E-state index contributed by atoms with van der Waals surface area (Å²) in [5.74, 6) is 0.543. The Morgan fingerprint density at radius 3 is 2.82 bits per heavy atom. The molecule has 0 saturated heterocycles. The number of methoxy groups -OCH3 is 1. The highest BCUT2D eigenvalue weighted by Crippen LogP contribution is 2.35. The number of Topliss-reactive ketones (excluding diaryl/α,β-unsaturated/α-hetero) is 1. The molecule has 0 amide bonds. The van der Waals surface area contributed by atoms with Crippen LogP contribution in [0, 0.1) is 5.92 Å². The summed E-state index contributed by atoms with van der Waals surface area (Å²) >= 11 is 9.44. The van der Waals surface area contributed by atoms with Gasteiger partial charge < -0.3 is 4.74 Å². The fraction of sp³-hybridized carbons (Fsp3) is 0.462. The normalized spacial score (nSPS) is 16.9. The number of carbonyl (C=O) groups excluding carboxylic acids is 1. The second kappa shape index (κ2) is 5.51. The smallest absolute Gasteiger partial charge is 0.166 e. The van der Waals surface area contributed by atoms with Crippen LogP contribution in [0.3, 0.4) is 0 Å². The molecule has 1 aliphatic carbocycles. The zero-order chi connectivity index (χ0) is 12.4. The molecule has 0 spiro atoms. The van der Waals surface area contributed by atoms with E-state index in [-0.39, 0.29) is 11.9 Å². The maximum absolute atomic E-state index is 12.1. The number of halogens is 2. The Morgan fingerprint density at radius 2 is 2.29 bits per heavy atom. The highest BCUT2D eigenvalue weighted by Gasteiger charge is 2.36. The number of hydrogen-bond donors (Lipinski definition) is 0. The third-order valence-corrected chi connectivity index (χ3v) is 3.85. The highest BCUT2D eigenvalue weighted by molar-refractivity contribution is 9.10. The molecule has 2 rings (SSSR count). The molecule has 0 radical (unpaired) electrons. The summed E-state index contributed by atoms with van der Waals surface area (Å²) in [6.07, 6.45) is 2.28. The van der Waals surface area contributed by atoms with Crippen molar-refractivity contribution >= 4 is 33.3 Å². The molecule has 0 aromatic heterocycles. The number of benzene rings is 1. The standard InChI is InChI=1S/C13H14BrClO2/c1-17-13(8-2-3-8)12(16)6-9-4-5-10(14)7-11(9)15/h4-5,7-8,13H,2-3,6H2,1H3. The molecular formula is C13H14BrClO2. The van der Waals surface area contributed by atoms with E-state index in [1.807, 2.05) is 18.2 Å². The zero-order valence-electron chi connectivity index (χ0n) is 9.58. The Labute approximate surface area is 114 Å². The molecule has 2 nitrogen and oxygen atoms in total. The van der Waals surface area contributed by atoms with E-state index in [1.165, 1.54) is 0 Å². The first kappa shape index (κ1) is 13.1. The van der Waals surface area contributed by atoms with E-state index in [0.717, 1.165) is 22.9 Å². The molecule has 1 fully saturated rings. The first-order chi connectivity index (χ1) is 8.11. The number of carbonyl (C=O) groups is 1. The van der Waals surface area contributed by atoms with E-state index < -0.39 is 0 Å². The highest BCUT2D eigenvalue weighted by atomic mass is 79.9. The lowest BCUT2D eigenvalue weighted by atomic mass is 10.0. The molecule has 4 heteroatoms. The summed E-state index contributed by atoms with van der Waals surface area (Å²) < 4.78 is 6.19. The van der Waals surface area contributed by atoms with Crippen molar-refractivity contribution in [1.29, 1.82) is 0 Å². The number of rotatable bonds is 5. The number of ether oxygens (including phenoxy) is 1. The molecule has 0 aliphatic heterocycles. The molecule has 1 saturated carbocycles. The van der Waals surface area contributed by atoms with Gasteiger partial charge in [0, 0.05) is 23.0 Å². The minimum Gasteiger partial charge on any atom is -0.373 e. The predicted octanol–water partition coefficient (Wildman–Crippen LogP) is 3.64. The second-order valence-corrected chi connectivity index (χ2v) is 5.70. The summed E-state index contributed by atoms with van der Waals surface area (Å²) in [6, 6.07) is 5.58. The fourth-order valence-electron chi connectivity index (χ4n) is 1.94. The van der Waals surface area contributed by atoms with Crippen LogP contribution in [0.15, 0.2) is 22.7 Å². The van der Waals surface area contributed by atoms with Crippen molar-refractivity contribution in [3.05, 3.63) is 33.3 Å². The molecule has 0 bridgehead atoms. The number of hydrogen-bond acceptors (Lipinski definition) is 2. The van der Waals surface area contributed by atoms with Crippen LogP contribution in [-0.4, -0.2) is 19.0 Å². The molecule has 0 heterocycles. The van der Waals surface area contributed by atoms with Crippen molar-refractivity contribution < 1.29 is 9.53 Å². The van der Waals surface area contributed by atoms with Gasteiger partial charge >= 0.3 is 0 Å². The fourth-order valence-corrected chi connectivity index (χ4v) is 2.68. The molecular weight excluding hydrogens is 303 g/mol. The number of ketones is 1. The molecule has 1 aromatic rings. The van der Waals surface area contributed by atoms with E-state index in [0.29, 0.717) is 17.4 Å². The summed E-state index contributed by atoms with van der Waals surface area (Å²) in [7, 11) is 1.60. The van der Waals surface area contributed by atoms with Gasteiger partial charge in [-0.15, -0.1) is 0 Å². The monoisotopic (exact) mass is 316 g/mol. The average Bonchev–Trinajstić information content (AvgIpc) is 3.08. The average molecular weight is 318 g/mol. The maximum Gasteiger partial charge on any atom is 0.166 e. The third-order valence-electron chi connectivity index (χ3n) is 3.00. The van der Waals surface area contributed by atoms with Gasteiger partial charge in [0.25, 0.3) is 0 Å².